The van der Waals surface area contributed by atoms with Gasteiger partial charge in [-0.25, -0.2) is 14.2 Å². The van der Waals surface area contributed by atoms with Crippen molar-refractivity contribution in [2.45, 2.75) is 37.8 Å². The molecule has 204 valence electrons. The van der Waals surface area contributed by atoms with Crippen LogP contribution in [0.5, 0.6) is 5.88 Å². The predicted molar refractivity (Wildman–Crippen MR) is 125 cm³/mol. The minimum Gasteiger partial charge on any atom is -0.493 e. The molecule has 2 unspecified atom stereocenters. The Labute approximate surface area is 220 Å². The molecule has 15 heteroatoms. The van der Waals surface area contributed by atoms with E-state index in [4.69, 9.17) is 11.6 Å². The molecule has 3 heterocycles. The Morgan fingerprint density at radius 3 is 2.31 bits per heavy atom. The van der Waals surface area contributed by atoms with Crippen LogP contribution in [-0.2, 0) is 12.4 Å². The molecular weight excluding hydrogens is 556 g/mol. The average molecular weight is 572 g/mol. The SMILES string of the molecule is Cc1c(-n2c(O)c3n(c2=O)C2CC3N(C(=O)Nc3cc(C(F)(F)F)cc(C(F)(F)F)c3)C2)ccc(C#N)c1Cl. The minimum absolute atomic E-state index is 0.0513. The van der Waals surface area contributed by atoms with E-state index in [0.29, 0.717) is 17.7 Å². The van der Waals surface area contributed by atoms with Gasteiger partial charge in [0.15, 0.2) is 0 Å². The first-order valence-electron chi connectivity index (χ1n) is 11.3. The lowest BCUT2D eigenvalue weighted by Crippen LogP contribution is -2.40. The summed E-state index contributed by atoms with van der Waals surface area (Å²) in [6.45, 7) is 1.47. The maximum atomic E-state index is 13.2. The first-order chi connectivity index (χ1) is 18.1. The van der Waals surface area contributed by atoms with Gasteiger partial charge in [-0.3, -0.25) is 4.57 Å². The van der Waals surface area contributed by atoms with Crippen LogP contribution in [0.2, 0.25) is 5.02 Å². The zero-order valence-corrected chi connectivity index (χ0v) is 20.4. The normalized spacial score (nSPS) is 18.3. The predicted octanol–water partition coefficient (Wildman–Crippen LogP) is 5.75. The fourth-order valence-corrected chi connectivity index (χ4v) is 5.32. The molecule has 5 rings (SSSR count). The Hall–Kier alpha value is -4.12. The number of carbonyl (C=O) groups excluding carboxylic acids is 1. The number of fused-ring (bicyclic) bond motifs is 5. The van der Waals surface area contributed by atoms with Crippen molar-refractivity contribution in [3.05, 3.63) is 73.8 Å². The van der Waals surface area contributed by atoms with E-state index in [-0.39, 0.29) is 41.0 Å². The number of benzene rings is 2. The molecule has 2 atom stereocenters. The molecule has 0 radical (unpaired) electrons. The summed E-state index contributed by atoms with van der Waals surface area (Å²) in [5, 5.41) is 22.4. The summed E-state index contributed by atoms with van der Waals surface area (Å²) in [6.07, 6.45) is -9.98. The molecule has 3 aromatic rings. The highest BCUT2D eigenvalue weighted by Crippen LogP contribution is 2.49. The summed E-state index contributed by atoms with van der Waals surface area (Å²) in [6, 6.07) is 2.95. The smallest absolute Gasteiger partial charge is 0.416 e. The number of nitrogens with zero attached hydrogens (tertiary/aromatic N) is 4. The summed E-state index contributed by atoms with van der Waals surface area (Å²) in [7, 11) is 0. The second-order valence-corrected chi connectivity index (χ2v) is 9.54. The van der Waals surface area contributed by atoms with Crippen LogP contribution in [0.15, 0.2) is 35.1 Å². The van der Waals surface area contributed by atoms with Gasteiger partial charge in [-0.15, -0.1) is 0 Å². The largest absolute Gasteiger partial charge is 0.493 e. The number of hydrogen-bond acceptors (Lipinski definition) is 4. The number of imidazole rings is 1. The number of carbonyl (C=O) groups is 1. The summed E-state index contributed by atoms with van der Waals surface area (Å²) in [5.41, 5.74) is -3.77. The van der Waals surface area contributed by atoms with Crippen LogP contribution in [0, 0.1) is 18.3 Å². The topological polar surface area (TPSA) is 103 Å². The van der Waals surface area contributed by atoms with E-state index < -0.39 is 58.9 Å². The Kier molecular flexibility index (Phi) is 5.91. The molecule has 8 nitrogen and oxygen atoms in total. The number of alkyl halides is 6. The average Bonchev–Trinajstić information content (AvgIpc) is 3.51. The molecule has 0 aliphatic carbocycles. The van der Waals surface area contributed by atoms with Crippen LogP contribution in [0.25, 0.3) is 5.69 Å². The highest BCUT2D eigenvalue weighted by molar-refractivity contribution is 6.32. The Morgan fingerprint density at radius 1 is 1.13 bits per heavy atom. The van der Waals surface area contributed by atoms with E-state index in [1.807, 2.05) is 6.07 Å². The summed E-state index contributed by atoms with van der Waals surface area (Å²) in [4.78, 5) is 27.4. The number of amides is 2. The molecule has 2 aliphatic rings. The van der Waals surface area contributed by atoms with Gasteiger partial charge in [0.25, 0.3) is 0 Å². The molecule has 2 bridgehead atoms. The van der Waals surface area contributed by atoms with Crippen LogP contribution in [0.1, 0.15) is 46.5 Å². The van der Waals surface area contributed by atoms with Gasteiger partial charge in [0.2, 0.25) is 5.88 Å². The fraction of sp³-hybridized carbons (Fsp3) is 0.292. The Morgan fingerprint density at radius 2 is 1.74 bits per heavy atom. The van der Waals surface area contributed by atoms with Crippen LogP contribution >= 0.6 is 11.6 Å². The third-order valence-corrected chi connectivity index (χ3v) is 7.36. The molecular formula is C24H16ClF6N5O3. The number of aromatic hydroxyl groups is 1. The highest BCUT2D eigenvalue weighted by atomic mass is 35.5. The van der Waals surface area contributed by atoms with Gasteiger partial charge in [0.1, 0.15) is 11.8 Å². The molecule has 39 heavy (non-hydrogen) atoms. The van der Waals surface area contributed by atoms with E-state index in [9.17, 15) is 46.3 Å². The number of urea groups is 1. The van der Waals surface area contributed by atoms with Crippen molar-refractivity contribution < 1.29 is 36.2 Å². The maximum absolute atomic E-state index is 13.2. The van der Waals surface area contributed by atoms with Crippen molar-refractivity contribution >= 4 is 23.3 Å². The number of rotatable bonds is 2. The molecule has 1 aromatic heterocycles. The Balaban J connectivity index is 1.49. The standard InChI is InChI=1S/C24H16ClF6N5O3/c1-10-16(3-2-11(8-32)18(10)25)36-20(37)19-17-7-15(35(19)22(36)39)9-34(17)21(38)33-14-5-12(23(26,27)28)4-13(6-14)24(29,30)31/h2-6,15,17,37H,7,9H2,1H3,(H,33,38). The van der Waals surface area contributed by atoms with Crippen molar-refractivity contribution in [2.75, 3.05) is 11.9 Å². The van der Waals surface area contributed by atoms with Gasteiger partial charge < -0.3 is 15.3 Å². The van der Waals surface area contributed by atoms with Gasteiger partial charge in [-0.2, -0.15) is 31.6 Å². The first kappa shape index (κ1) is 26.5. The summed E-state index contributed by atoms with van der Waals surface area (Å²) < 4.78 is 81.5. The third-order valence-electron chi connectivity index (χ3n) is 6.88. The van der Waals surface area contributed by atoms with Crippen molar-refractivity contribution in [3.8, 4) is 17.6 Å². The molecule has 2 N–H and O–H groups in total. The number of aromatic nitrogens is 2. The van der Waals surface area contributed by atoms with Crippen LogP contribution < -0.4 is 11.0 Å². The van der Waals surface area contributed by atoms with Crippen LogP contribution in [0.3, 0.4) is 0 Å². The zero-order valence-electron chi connectivity index (χ0n) is 19.7. The molecule has 0 saturated carbocycles. The van der Waals surface area contributed by atoms with Crippen molar-refractivity contribution in [1.29, 1.82) is 5.26 Å². The van der Waals surface area contributed by atoms with Gasteiger partial charge in [-0.05, 0) is 49.2 Å². The number of hydrogen-bond donors (Lipinski definition) is 2. The second-order valence-electron chi connectivity index (χ2n) is 9.16. The molecule has 1 fully saturated rings. The van der Waals surface area contributed by atoms with E-state index in [1.165, 1.54) is 16.7 Å². The number of halogens is 7. The molecule has 2 aromatic carbocycles. The van der Waals surface area contributed by atoms with Gasteiger partial charge in [0.05, 0.1) is 39.5 Å². The van der Waals surface area contributed by atoms with Crippen LogP contribution in [-0.4, -0.2) is 31.7 Å². The number of anilines is 1. The molecule has 2 amide bonds. The first-order valence-corrected chi connectivity index (χ1v) is 11.6. The quantitative estimate of drug-likeness (QED) is 0.382. The zero-order chi connectivity index (χ0) is 28.6. The van der Waals surface area contributed by atoms with E-state index >= 15 is 0 Å². The van der Waals surface area contributed by atoms with Crippen molar-refractivity contribution in [2.24, 2.45) is 0 Å². The Bertz CT molecular complexity index is 1600. The van der Waals surface area contributed by atoms with Gasteiger partial charge >= 0.3 is 24.1 Å². The summed E-state index contributed by atoms with van der Waals surface area (Å²) in [5.74, 6) is -0.507. The monoisotopic (exact) mass is 571 g/mol. The highest BCUT2D eigenvalue weighted by Gasteiger charge is 2.49. The number of nitriles is 1. The lowest BCUT2D eigenvalue weighted by Gasteiger charge is -2.28. The fourth-order valence-electron chi connectivity index (χ4n) is 5.11. The van der Waals surface area contributed by atoms with E-state index in [0.717, 1.165) is 9.47 Å². The van der Waals surface area contributed by atoms with Crippen LogP contribution in [0.4, 0.5) is 36.8 Å². The maximum Gasteiger partial charge on any atom is 0.416 e. The molecule has 2 aliphatic heterocycles. The number of nitrogens with one attached hydrogen (secondary N) is 1. The third kappa shape index (κ3) is 4.17. The lowest BCUT2D eigenvalue weighted by atomic mass is 10.1. The molecule has 1 saturated heterocycles. The van der Waals surface area contributed by atoms with E-state index in [1.54, 1.807) is 6.92 Å². The minimum atomic E-state index is -5.09. The number of likely N-dealkylation sites (tertiary alicyclic amines) is 1. The second kappa shape index (κ2) is 8.70. The molecule has 0 spiro atoms. The van der Waals surface area contributed by atoms with Gasteiger partial charge in [0, 0.05) is 12.2 Å². The van der Waals surface area contributed by atoms with Crippen molar-refractivity contribution in [3.63, 3.8) is 0 Å². The van der Waals surface area contributed by atoms with Crippen molar-refractivity contribution in [1.82, 2.24) is 14.0 Å². The van der Waals surface area contributed by atoms with E-state index in [2.05, 4.69) is 5.32 Å². The van der Waals surface area contributed by atoms with Gasteiger partial charge in [-0.1, -0.05) is 11.6 Å². The lowest BCUT2D eigenvalue weighted by molar-refractivity contribution is -0.143. The summed E-state index contributed by atoms with van der Waals surface area (Å²) >= 11 is 6.21.